The Bertz CT molecular complexity index is 923. The molecule has 1 amide bonds. The maximum Gasteiger partial charge on any atom is 0.328 e. The molecule has 3 rings (SSSR count). The molecule has 2 aromatic heterocycles. The van der Waals surface area contributed by atoms with Crippen molar-refractivity contribution in [3.05, 3.63) is 50.4 Å². The van der Waals surface area contributed by atoms with Crippen molar-refractivity contribution in [1.82, 2.24) is 19.4 Å². The highest BCUT2D eigenvalue weighted by molar-refractivity contribution is 5.93. The SMILES string of the molecule is Cc1ocnc1C(=O)N1CC[C@@](C)(O)[C@H](n2cc(C)c(=O)[nH]c2=O)C1. The van der Waals surface area contributed by atoms with Crippen molar-refractivity contribution in [2.45, 2.75) is 38.8 Å². The van der Waals surface area contributed by atoms with Gasteiger partial charge in [0.2, 0.25) is 0 Å². The molecule has 0 unspecified atom stereocenters. The number of nitrogens with one attached hydrogen (secondary N) is 1. The predicted molar refractivity (Wildman–Crippen MR) is 87.5 cm³/mol. The molecule has 134 valence electrons. The van der Waals surface area contributed by atoms with Crippen molar-refractivity contribution in [1.29, 1.82) is 0 Å². The zero-order chi connectivity index (χ0) is 18.4. The third-order valence-electron chi connectivity index (χ3n) is 4.72. The topological polar surface area (TPSA) is 121 Å². The lowest BCUT2D eigenvalue weighted by atomic mass is 9.88. The molecule has 0 aromatic carbocycles. The van der Waals surface area contributed by atoms with E-state index in [1.807, 2.05) is 0 Å². The second kappa shape index (κ2) is 5.99. The molecule has 0 radical (unpaired) electrons. The first-order valence-electron chi connectivity index (χ1n) is 7.94. The number of aryl methyl sites for hydroxylation is 2. The summed E-state index contributed by atoms with van der Waals surface area (Å²) in [7, 11) is 0. The monoisotopic (exact) mass is 348 g/mol. The summed E-state index contributed by atoms with van der Waals surface area (Å²) < 4.78 is 6.36. The van der Waals surface area contributed by atoms with Crippen LogP contribution in [0, 0.1) is 13.8 Å². The number of hydrogen-bond acceptors (Lipinski definition) is 6. The molecular formula is C16H20N4O5. The lowest BCUT2D eigenvalue weighted by Crippen LogP contribution is -2.55. The van der Waals surface area contributed by atoms with E-state index in [2.05, 4.69) is 9.97 Å². The number of piperidine rings is 1. The maximum atomic E-state index is 12.7. The summed E-state index contributed by atoms with van der Waals surface area (Å²) in [5, 5.41) is 10.7. The van der Waals surface area contributed by atoms with Crippen LogP contribution in [0.3, 0.4) is 0 Å². The van der Waals surface area contributed by atoms with Crippen LogP contribution >= 0.6 is 0 Å². The summed E-state index contributed by atoms with van der Waals surface area (Å²) >= 11 is 0. The van der Waals surface area contributed by atoms with Crippen molar-refractivity contribution < 1.29 is 14.3 Å². The number of amides is 1. The van der Waals surface area contributed by atoms with Gasteiger partial charge in [0.25, 0.3) is 11.5 Å². The molecule has 25 heavy (non-hydrogen) atoms. The highest BCUT2D eigenvalue weighted by atomic mass is 16.3. The summed E-state index contributed by atoms with van der Waals surface area (Å²) in [5.41, 5.74) is -1.73. The first-order chi connectivity index (χ1) is 11.7. The highest BCUT2D eigenvalue weighted by Crippen LogP contribution is 2.31. The molecular weight excluding hydrogens is 328 g/mol. The van der Waals surface area contributed by atoms with E-state index in [-0.39, 0.29) is 24.6 Å². The first-order valence-corrected chi connectivity index (χ1v) is 7.94. The molecule has 0 saturated carbocycles. The standard InChI is InChI=1S/C16H20N4O5/c1-9-6-20(15(23)18-13(9)21)11-7-19(5-4-16(11,3)24)14(22)12-10(2)25-8-17-12/h6,8,11,24H,4-5,7H2,1-3H3,(H,18,21,23)/t11-,16-/m1/s1. The van der Waals surface area contributed by atoms with Crippen LogP contribution in [0.15, 0.2) is 26.6 Å². The van der Waals surface area contributed by atoms with Crippen LogP contribution in [0.5, 0.6) is 0 Å². The van der Waals surface area contributed by atoms with Gasteiger partial charge in [-0.15, -0.1) is 0 Å². The smallest absolute Gasteiger partial charge is 0.328 e. The van der Waals surface area contributed by atoms with Crippen molar-refractivity contribution in [2.24, 2.45) is 0 Å². The van der Waals surface area contributed by atoms with Gasteiger partial charge in [-0.3, -0.25) is 19.1 Å². The van der Waals surface area contributed by atoms with E-state index in [1.165, 1.54) is 22.1 Å². The van der Waals surface area contributed by atoms with Gasteiger partial charge in [0.1, 0.15) is 5.76 Å². The van der Waals surface area contributed by atoms with E-state index < -0.39 is 22.9 Å². The minimum atomic E-state index is -1.20. The van der Waals surface area contributed by atoms with E-state index in [4.69, 9.17) is 4.42 Å². The van der Waals surface area contributed by atoms with Gasteiger partial charge in [0, 0.05) is 24.8 Å². The molecule has 2 N–H and O–H groups in total. The summed E-state index contributed by atoms with van der Waals surface area (Å²) in [6.45, 7) is 5.28. The molecule has 0 spiro atoms. The zero-order valence-corrected chi connectivity index (χ0v) is 14.3. The molecule has 1 aliphatic rings. The summed E-state index contributed by atoms with van der Waals surface area (Å²) in [6.07, 6.45) is 2.90. The summed E-state index contributed by atoms with van der Waals surface area (Å²) in [4.78, 5) is 44.1. The Hall–Kier alpha value is -2.68. The largest absolute Gasteiger partial charge is 0.448 e. The Balaban J connectivity index is 1.96. The average Bonchev–Trinajstić information content (AvgIpc) is 2.96. The van der Waals surface area contributed by atoms with E-state index in [9.17, 15) is 19.5 Å². The van der Waals surface area contributed by atoms with Crippen LogP contribution < -0.4 is 11.2 Å². The van der Waals surface area contributed by atoms with Gasteiger partial charge in [0.15, 0.2) is 12.1 Å². The van der Waals surface area contributed by atoms with Crippen molar-refractivity contribution in [3.63, 3.8) is 0 Å². The third kappa shape index (κ3) is 3.02. The maximum absolute atomic E-state index is 12.7. The number of nitrogens with zero attached hydrogens (tertiary/aromatic N) is 3. The molecule has 9 heteroatoms. The highest BCUT2D eigenvalue weighted by Gasteiger charge is 2.41. The number of aliphatic hydroxyl groups is 1. The van der Waals surface area contributed by atoms with Crippen molar-refractivity contribution in [2.75, 3.05) is 13.1 Å². The first kappa shape index (κ1) is 17.2. The Labute approximate surface area is 142 Å². The fourth-order valence-corrected chi connectivity index (χ4v) is 3.07. The molecule has 9 nitrogen and oxygen atoms in total. The summed E-state index contributed by atoms with van der Waals surface area (Å²) in [5.74, 6) is 0.0943. The van der Waals surface area contributed by atoms with Gasteiger partial charge in [-0.25, -0.2) is 9.78 Å². The minimum Gasteiger partial charge on any atom is -0.448 e. The van der Waals surface area contributed by atoms with Crippen molar-refractivity contribution >= 4 is 5.91 Å². The van der Waals surface area contributed by atoms with Crippen LogP contribution in [0.1, 0.15) is 41.2 Å². The lowest BCUT2D eigenvalue weighted by molar-refractivity contribution is -0.0461. The number of aromatic nitrogens is 3. The molecule has 0 bridgehead atoms. The Kier molecular flexibility index (Phi) is 4.11. The normalized spacial score (nSPS) is 23.7. The Morgan fingerprint density at radius 2 is 2.16 bits per heavy atom. The second-order valence-corrected chi connectivity index (χ2v) is 6.61. The number of likely N-dealkylation sites (tertiary alicyclic amines) is 1. The van der Waals surface area contributed by atoms with Crippen molar-refractivity contribution in [3.8, 4) is 0 Å². The molecule has 2 atom stereocenters. The predicted octanol–water partition coefficient (Wildman–Crippen LogP) is -0.0204. The van der Waals surface area contributed by atoms with Gasteiger partial charge < -0.3 is 14.4 Å². The quantitative estimate of drug-likeness (QED) is 0.787. The third-order valence-corrected chi connectivity index (χ3v) is 4.72. The second-order valence-electron chi connectivity index (χ2n) is 6.61. The number of carbonyl (C=O) groups is 1. The number of carbonyl (C=O) groups excluding carboxylic acids is 1. The van der Waals surface area contributed by atoms with Crippen LogP contribution in [0.25, 0.3) is 0 Å². The van der Waals surface area contributed by atoms with E-state index in [1.54, 1.807) is 20.8 Å². The van der Waals surface area contributed by atoms with Gasteiger partial charge in [-0.1, -0.05) is 0 Å². The van der Waals surface area contributed by atoms with Crippen LogP contribution in [-0.2, 0) is 0 Å². The van der Waals surface area contributed by atoms with Crippen LogP contribution in [0.4, 0.5) is 0 Å². The zero-order valence-electron chi connectivity index (χ0n) is 14.3. The molecule has 0 aliphatic carbocycles. The molecule has 2 aromatic rings. The van der Waals surface area contributed by atoms with Gasteiger partial charge in [-0.2, -0.15) is 0 Å². The fourth-order valence-electron chi connectivity index (χ4n) is 3.07. The molecule has 3 heterocycles. The van der Waals surface area contributed by atoms with Gasteiger partial charge in [0.05, 0.1) is 11.6 Å². The Morgan fingerprint density at radius 3 is 2.80 bits per heavy atom. The minimum absolute atomic E-state index is 0.115. The van der Waals surface area contributed by atoms with Gasteiger partial charge in [-0.05, 0) is 27.2 Å². The Morgan fingerprint density at radius 1 is 1.44 bits per heavy atom. The number of hydrogen-bond donors (Lipinski definition) is 2. The molecule has 1 saturated heterocycles. The number of H-pyrrole nitrogens is 1. The van der Waals surface area contributed by atoms with Crippen LogP contribution in [-0.4, -0.2) is 49.1 Å². The number of oxazole rings is 1. The van der Waals surface area contributed by atoms with E-state index in [0.29, 0.717) is 17.9 Å². The molecule has 1 aliphatic heterocycles. The van der Waals surface area contributed by atoms with Crippen LogP contribution in [0.2, 0.25) is 0 Å². The summed E-state index contributed by atoms with van der Waals surface area (Å²) in [6, 6.07) is -0.694. The van der Waals surface area contributed by atoms with Gasteiger partial charge >= 0.3 is 5.69 Å². The fraction of sp³-hybridized carbons (Fsp3) is 0.500. The molecule has 1 fully saturated rings. The van der Waals surface area contributed by atoms with E-state index in [0.717, 1.165) is 0 Å². The number of aromatic amines is 1. The number of rotatable bonds is 2. The van der Waals surface area contributed by atoms with E-state index >= 15 is 0 Å². The average molecular weight is 348 g/mol. The lowest BCUT2D eigenvalue weighted by Gasteiger charge is -2.43.